The Bertz CT molecular complexity index is 1420. The summed E-state index contributed by atoms with van der Waals surface area (Å²) in [4.78, 5) is 30.7. The second-order valence-electron chi connectivity index (χ2n) is 12.1. The molecule has 5 rings (SSSR count). The van der Waals surface area contributed by atoms with Crippen LogP contribution >= 0.6 is 0 Å². The van der Waals surface area contributed by atoms with Crippen molar-refractivity contribution in [3.05, 3.63) is 77.7 Å². The molecule has 2 fully saturated rings. The Balaban J connectivity index is 1.18. The van der Waals surface area contributed by atoms with Crippen molar-refractivity contribution < 1.29 is 23.8 Å². The molecule has 0 spiro atoms. The van der Waals surface area contributed by atoms with Gasteiger partial charge in [0.1, 0.15) is 17.1 Å². The van der Waals surface area contributed by atoms with Gasteiger partial charge >= 0.3 is 6.09 Å². The van der Waals surface area contributed by atoms with Gasteiger partial charge in [0, 0.05) is 37.3 Å². The first-order valence-corrected chi connectivity index (χ1v) is 15.5. The molecule has 2 aromatic carbocycles. The van der Waals surface area contributed by atoms with Crippen LogP contribution in [0, 0.1) is 5.82 Å². The maximum absolute atomic E-state index is 14.2. The Hall–Kier alpha value is -4.02. The van der Waals surface area contributed by atoms with Crippen LogP contribution in [0.2, 0.25) is 0 Å². The molecule has 1 aromatic heterocycles. The number of amides is 2. The summed E-state index contributed by atoms with van der Waals surface area (Å²) in [5.41, 5.74) is 3.31. The molecular weight excluding hydrogens is 561 g/mol. The normalized spacial score (nSPS) is 22.2. The van der Waals surface area contributed by atoms with Gasteiger partial charge in [0.05, 0.1) is 6.20 Å². The molecule has 9 nitrogen and oxygen atoms in total. The third-order valence-electron chi connectivity index (χ3n) is 8.36. The summed E-state index contributed by atoms with van der Waals surface area (Å²) in [5, 5.41) is 17.9. The van der Waals surface area contributed by atoms with E-state index in [1.54, 1.807) is 6.07 Å². The highest BCUT2D eigenvalue weighted by Gasteiger charge is 2.26. The first-order chi connectivity index (χ1) is 21.2. The molecule has 2 atom stereocenters. The fourth-order valence-corrected chi connectivity index (χ4v) is 6.33. The van der Waals surface area contributed by atoms with Crippen LogP contribution in [0.4, 0.5) is 9.18 Å². The number of ether oxygens (including phenoxy) is 1. The van der Waals surface area contributed by atoms with E-state index in [1.807, 2.05) is 18.2 Å². The van der Waals surface area contributed by atoms with Gasteiger partial charge < -0.3 is 30.7 Å². The minimum Gasteiger partial charge on any atom is -0.465 e. The molecule has 1 saturated heterocycles. The van der Waals surface area contributed by atoms with E-state index in [0.717, 1.165) is 55.9 Å². The zero-order valence-corrected chi connectivity index (χ0v) is 25.4. The number of aryl methyl sites for hydroxylation is 1. The van der Waals surface area contributed by atoms with Crippen LogP contribution in [0.1, 0.15) is 61.9 Å². The molecule has 2 aliphatic rings. The van der Waals surface area contributed by atoms with Crippen molar-refractivity contribution in [2.45, 2.75) is 76.5 Å². The lowest BCUT2D eigenvalue weighted by molar-refractivity contribution is 0.0919. The predicted octanol–water partition coefficient (Wildman–Crippen LogP) is 5.60. The number of benzene rings is 2. The van der Waals surface area contributed by atoms with Crippen LogP contribution < -0.4 is 20.7 Å². The number of piperazine rings is 1. The van der Waals surface area contributed by atoms with Crippen molar-refractivity contribution in [1.29, 1.82) is 0 Å². The van der Waals surface area contributed by atoms with Gasteiger partial charge in [0.15, 0.2) is 0 Å². The number of halogens is 1. The number of pyridine rings is 1. The smallest absolute Gasteiger partial charge is 0.404 e. The Kier molecular flexibility index (Phi) is 10.4. The number of nitrogens with one attached hydrogen (secondary N) is 3. The monoisotopic (exact) mass is 603 g/mol. The molecule has 10 heteroatoms. The predicted molar refractivity (Wildman–Crippen MR) is 168 cm³/mol. The third-order valence-corrected chi connectivity index (χ3v) is 8.36. The molecular formula is C34H42FN5O4. The van der Waals surface area contributed by atoms with Gasteiger partial charge in [-0.3, -0.25) is 4.79 Å². The average molecular weight is 604 g/mol. The maximum Gasteiger partial charge on any atom is 0.404 e. The van der Waals surface area contributed by atoms with E-state index in [9.17, 15) is 14.0 Å². The van der Waals surface area contributed by atoms with Gasteiger partial charge in [0.25, 0.3) is 5.91 Å². The van der Waals surface area contributed by atoms with Crippen molar-refractivity contribution in [3.8, 4) is 22.8 Å². The summed E-state index contributed by atoms with van der Waals surface area (Å²) in [6, 6.07) is 18.0. The van der Waals surface area contributed by atoms with Crippen molar-refractivity contribution in [3.63, 3.8) is 0 Å². The molecule has 0 unspecified atom stereocenters. The molecule has 1 aliphatic carbocycles. The zero-order valence-electron chi connectivity index (χ0n) is 25.4. The second-order valence-corrected chi connectivity index (χ2v) is 12.1. The fourth-order valence-electron chi connectivity index (χ4n) is 6.33. The van der Waals surface area contributed by atoms with Gasteiger partial charge in [-0.25, -0.2) is 14.2 Å². The molecule has 1 aliphatic heterocycles. The van der Waals surface area contributed by atoms with Crippen LogP contribution in [0.3, 0.4) is 0 Å². The van der Waals surface area contributed by atoms with Crippen molar-refractivity contribution in [2.75, 3.05) is 19.6 Å². The third kappa shape index (κ3) is 8.76. The minimum absolute atomic E-state index is 0.00951. The number of carbonyl (C=O) groups excluding carboxylic acids is 1. The van der Waals surface area contributed by atoms with Gasteiger partial charge in [0.2, 0.25) is 5.88 Å². The highest BCUT2D eigenvalue weighted by molar-refractivity contribution is 5.96. The molecule has 0 radical (unpaired) electrons. The fraction of sp³-hybridized carbons (Fsp3) is 0.441. The molecule has 3 aromatic rings. The molecule has 2 amide bonds. The number of nitrogens with zero attached hydrogens (tertiary/aromatic N) is 2. The van der Waals surface area contributed by atoms with Crippen molar-refractivity contribution in [2.24, 2.45) is 0 Å². The average Bonchev–Trinajstić information content (AvgIpc) is 2.99. The van der Waals surface area contributed by atoms with E-state index in [4.69, 9.17) is 9.84 Å². The van der Waals surface area contributed by atoms with E-state index in [2.05, 4.69) is 63.9 Å². The number of aromatic nitrogens is 1. The van der Waals surface area contributed by atoms with Gasteiger partial charge in [-0.1, -0.05) is 36.4 Å². The summed E-state index contributed by atoms with van der Waals surface area (Å²) in [5.74, 6) is -0.609. The number of hydrogen-bond donors (Lipinski definition) is 4. The lowest BCUT2D eigenvalue weighted by Crippen LogP contribution is -2.54. The summed E-state index contributed by atoms with van der Waals surface area (Å²) >= 11 is 0. The number of hydrogen-bond acceptors (Lipinski definition) is 6. The quantitative estimate of drug-likeness (QED) is 0.238. The van der Waals surface area contributed by atoms with Crippen LogP contribution in [-0.2, 0) is 6.42 Å². The van der Waals surface area contributed by atoms with Crippen LogP contribution in [0.15, 0.2) is 60.8 Å². The Morgan fingerprint density at radius 3 is 2.34 bits per heavy atom. The molecule has 234 valence electrons. The zero-order chi connectivity index (χ0) is 31.1. The summed E-state index contributed by atoms with van der Waals surface area (Å²) in [6.07, 6.45) is 4.59. The minimum atomic E-state index is -1.05. The van der Waals surface area contributed by atoms with E-state index < -0.39 is 17.8 Å². The number of carboxylic acid groups (broad SMARTS) is 1. The van der Waals surface area contributed by atoms with Crippen molar-refractivity contribution in [1.82, 2.24) is 25.8 Å². The molecule has 0 bridgehead atoms. The first kappa shape index (κ1) is 31.4. The second kappa shape index (κ2) is 14.6. The molecule has 44 heavy (non-hydrogen) atoms. The summed E-state index contributed by atoms with van der Waals surface area (Å²) in [6.45, 7) is 7.77. The molecule has 2 heterocycles. The van der Waals surface area contributed by atoms with Crippen LogP contribution in [-0.4, -0.2) is 70.8 Å². The van der Waals surface area contributed by atoms with Crippen LogP contribution in [0.25, 0.3) is 11.1 Å². The highest BCUT2D eigenvalue weighted by atomic mass is 19.1. The van der Waals surface area contributed by atoms with Gasteiger partial charge in [-0.05, 0) is 93.8 Å². The number of rotatable bonds is 10. The van der Waals surface area contributed by atoms with Gasteiger partial charge in [-0.15, -0.1) is 0 Å². The van der Waals surface area contributed by atoms with Crippen LogP contribution in [0.5, 0.6) is 11.6 Å². The van der Waals surface area contributed by atoms with E-state index >= 15 is 0 Å². The topological polar surface area (TPSA) is 116 Å². The van der Waals surface area contributed by atoms with E-state index in [1.165, 1.54) is 5.56 Å². The Morgan fingerprint density at radius 1 is 0.977 bits per heavy atom. The lowest BCUT2D eigenvalue weighted by atomic mass is 9.91. The molecule has 4 N–H and O–H groups in total. The van der Waals surface area contributed by atoms with Gasteiger partial charge in [-0.2, -0.15) is 0 Å². The SMILES string of the molecule is C[C@@H]1CN(CCCc2ccc(-c3cccc(Oc4ncc(F)cc4C(=O)N[C@H]4CC[C@H](NC(=O)O)CC4)c3)cc2)C[C@H](C)N1. The van der Waals surface area contributed by atoms with E-state index in [0.29, 0.717) is 43.5 Å². The summed E-state index contributed by atoms with van der Waals surface area (Å²) < 4.78 is 20.2. The lowest BCUT2D eigenvalue weighted by Gasteiger charge is -2.36. The van der Waals surface area contributed by atoms with Crippen molar-refractivity contribution >= 4 is 12.0 Å². The maximum atomic E-state index is 14.2. The standard InChI is InChI=1S/C34H42FN5O4/c1-22-20-40(21-23(2)37-22)16-4-5-24-8-10-25(11-9-24)26-6-3-7-30(17-26)44-33-31(18-27(35)19-36-33)32(41)38-28-12-14-29(15-13-28)39-34(42)43/h3,6-11,17-19,22-23,28-29,37,39H,4-5,12-16,20-21H2,1-2H3,(H,38,41)(H,42,43)/t22-,23+,28-,29-. The molecule has 1 saturated carbocycles. The van der Waals surface area contributed by atoms with E-state index in [-0.39, 0.29) is 23.5 Å². The highest BCUT2D eigenvalue weighted by Crippen LogP contribution is 2.29. The largest absolute Gasteiger partial charge is 0.465 e. The Labute approximate surface area is 258 Å². The summed E-state index contributed by atoms with van der Waals surface area (Å²) in [7, 11) is 0. The Morgan fingerprint density at radius 2 is 1.66 bits per heavy atom. The first-order valence-electron chi connectivity index (χ1n) is 15.5. The number of carbonyl (C=O) groups is 2.